The van der Waals surface area contributed by atoms with Gasteiger partial charge in [0, 0.05) is 109 Å². The smallest absolute Gasteiger partial charge is 0.415 e. The van der Waals surface area contributed by atoms with Crippen LogP contribution in [0.3, 0.4) is 0 Å². The first-order valence-corrected chi connectivity index (χ1v) is 26.0. The summed E-state index contributed by atoms with van der Waals surface area (Å²) in [5, 5.41) is 10.7. The molecule has 0 bridgehead atoms. The molecule has 408 valence electrons. The average molecular weight is 1070 g/mol. The van der Waals surface area contributed by atoms with E-state index in [-0.39, 0.29) is 23.9 Å². The summed E-state index contributed by atoms with van der Waals surface area (Å²) < 4.78 is 57.9. The van der Waals surface area contributed by atoms with Crippen molar-refractivity contribution < 1.29 is 42.1 Å². The number of aromatic nitrogens is 8. The van der Waals surface area contributed by atoms with E-state index in [1.165, 1.54) is 24.4 Å². The number of piperazine rings is 2. The number of likely N-dealkylation sites (N-methyl/N-ethyl adjacent to an activating group) is 2. The molecule has 8 aromatic rings. The fraction of sp³-hybridized carbons (Fsp3) is 0.368. The number of alkyl halides is 2. The molecule has 0 aliphatic carbocycles. The number of fused-ring (bicyclic) bond motifs is 2. The summed E-state index contributed by atoms with van der Waals surface area (Å²) in [5.41, 5.74) is 6.88. The highest BCUT2D eigenvalue weighted by Crippen LogP contribution is 2.41. The Kier molecular flexibility index (Phi) is 17.1. The van der Waals surface area contributed by atoms with Crippen LogP contribution in [0.1, 0.15) is 33.7 Å². The number of hydrogen-bond donors (Lipinski definition) is 0. The molecule has 0 N–H and O–H groups in total. The van der Waals surface area contributed by atoms with Gasteiger partial charge in [0.05, 0.1) is 55.9 Å². The Morgan fingerprint density at radius 2 is 1.08 bits per heavy atom. The molecule has 0 radical (unpaired) electrons. The Hall–Kier alpha value is -8.14. The Morgan fingerprint density at radius 1 is 0.615 bits per heavy atom. The van der Waals surface area contributed by atoms with Crippen LogP contribution in [0.2, 0.25) is 0 Å². The molecule has 78 heavy (non-hydrogen) atoms. The SMILES string of the molecule is CC.COc1cc2ncnc(-c3cn(C4COC4)nc3-c3ccccc3)c2cc1OC(=O)N1CCN(C)C[C@@H]1C.COc1cc2ncnc(-c3cn(CC(F)F)nc3-c3ccccc3)c2cc1OC(=O)N1CCN(C)C[C@@H]1C. The molecule has 2 amide bonds. The van der Waals surface area contributed by atoms with E-state index in [0.29, 0.717) is 82.6 Å². The summed E-state index contributed by atoms with van der Waals surface area (Å²) in [6, 6.07) is 26.4. The van der Waals surface area contributed by atoms with Gasteiger partial charge in [-0.3, -0.25) is 9.36 Å². The van der Waals surface area contributed by atoms with Crippen LogP contribution in [-0.4, -0.2) is 171 Å². The van der Waals surface area contributed by atoms with Gasteiger partial charge in [0.15, 0.2) is 23.0 Å². The summed E-state index contributed by atoms with van der Waals surface area (Å²) in [6.07, 6.45) is 3.06. The zero-order valence-corrected chi connectivity index (χ0v) is 45.0. The lowest BCUT2D eigenvalue weighted by Crippen LogP contribution is -2.53. The van der Waals surface area contributed by atoms with Crippen molar-refractivity contribution in [1.29, 1.82) is 0 Å². The molecule has 3 aliphatic rings. The highest BCUT2D eigenvalue weighted by Gasteiger charge is 2.31. The minimum atomic E-state index is -2.57. The number of carbonyl (C=O) groups is 2. The van der Waals surface area contributed by atoms with Gasteiger partial charge < -0.3 is 43.3 Å². The van der Waals surface area contributed by atoms with Crippen molar-refractivity contribution in [1.82, 2.24) is 59.1 Å². The molecule has 11 rings (SSSR count). The van der Waals surface area contributed by atoms with E-state index < -0.39 is 25.2 Å². The molecule has 3 fully saturated rings. The van der Waals surface area contributed by atoms with Crippen molar-refractivity contribution in [2.45, 2.75) is 58.8 Å². The van der Waals surface area contributed by atoms with E-state index in [1.807, 2.05) is 106 Å². The summed E-state index contributed by atoms with van der Waals surface area (Å²) >= 11 is 0. The van der Waals surface area contributed by atoms with Crippen LogP contribution < -0.4 is 18.9 Å². The average Bonchev–Trinajstić information content (AvgIpc) is 4.08. The molecule has 7 heterocycles. The van der Waals surface area contributed by atoms with Gasteiger partial charge in [-0.25, -0.2) is 38.3 Å². The molecule has 4 aromatic carbocycles. The fourth-order valence-corrected chi connectivity index (χ4v) is 9.74. The van der Waals surface area contributed by atoms with E-state index in [4.69, 9.17) is 28.8 Å². The lowest BCUT2D eigenvalue weighted by molar-refractivity contribution is -0.0285. The molecule has 3 aliphatic heterocycles. The second-order valence-corrected chi connectivity index (χ2v) is 19.1. The molecule has 0 unspecified atom stereocenters. The molecular weight excluding hydrogens is 1000 g/mol. The quantitative estimate of drug-likeness (QED) is 0.119. The van der Waals surface area contributed by atoms with Crippen molar-refractivity contribution in [2.24, 2.45) is 0 Å². The van der Waals surface area contributed by atoms with E-state index in [2.05, 4.69) is 41.9 Å². The predicted octanol–water partition coefficient (Wildman–Crippen LogP) is 9.47. The summed E-state index contributed by atoms with van der Waals surface area (Å²) in [6.45, 7) is 12.9. The largest absolute Gasteiger partial charge is 0.493 e. The monoisotopic (exact) mass is 1070 g/mol. The van der Waals surface area contributed by atoms with Crippen LogP contribution in [0.5, 0.6) is 23.0 Å². The predicted molar refractivity (Wildman–Crippen MR) is 292 cm³/mol. The minimum absolute atomic E-state index is 0.0132. The highest BCUT2D eigenvalue weighted by molar-refractivity contribution is 5.99. The van der Waals surface area contributed by atoms with E-state index >= 15 is 0 Å². The van der Waals surface area contributed by atoms with E-state index in [1.54, 1.807) is 47.4 Å². The maximum Gasteiger partial charge on any atom is 0.415 e. The van der Waals surface area contributed by atoms with Crippen LogP contribution >= 0.6 is 0 Å². The maximum absolute atomic E-state index is 13.2. The second kappa shape index (κ2) is 24.5. The molecular formula is C57H64F2N12O7. The zero-order chi connectivity index (χ0) is 55.0. The van der Waals surface area contributed by atoms with Gasteiger partial charge in [-0.15, -0.1) is 0 Å². The summed E-state index contributed by atoms with van der Waals surface area (Å²) in [5.74, 6) is 1.32. The lowest BCUT2D eigenvalue weighted by atomic mass is 10.0. The number of rotatable bonds is 11. The number of nitrogens with zero attached hydrogens (tertiary/aromatic N) is 12. The van der Waals surface area contributed by atoms with E-state index in [9.17, 15) is 18.4 Å². The minimum Gasteiger partial charge on any atom is -0.493 e. The van der Waals surface area contributed by atoms with Gasteiger partial charge in [0.1, 0.15) is 30.6 Å². The van der Waals surface area contributed by atoms with Crippen molar-refractivity contribution in [3.63, 3.8) is 0 Å². The van der Waals surface area contributed by atoms with Crippen molar-refractivity contribution in [3.8, 4) is 68.0 Å². The van der Waals surface area contributed by atoms with Crippen LogP contribution in [0, 0.1) is 0 Å². The first kappa shape index (κ1) is 54.6. The Morgan fingerprint density at radius 3 is 1.50 bits per heavy atom. The standard InChI is InChI=1S/C28H30N6O4.C27H28F2N6O3.C2H6/c1-18-13-32(2)9-10-33(18)28(35)38-25-11-21-23(12-24(25)36-3)29-17-30-27(21)22-14-34(20-15-37-16-20)31-26(22)19-7-5-4-6-8-19;1-17-13-33(2)9-10-35(17)27(36)38-23-11-19-21(12-22(23)37-3)30-16-31-26(19)20-14-34(15-24(28)29)32-25(20)18-7-5-4-6-8-18;1-2/h4-8,11-12,14,17-18,20H,9-10,13,15-16H2,1-3H3;4-8,11-12,14,16-17,24H,9-10,13,15H2,1-3H3;1-2H3/t18-;17-;/m00./s1. The lowest BCUT2D eigenvalue weighted by Gasteiger charge is -2.37. The number of benzene rings is 4. The van der Waals surface area contributed by atoms with Crippen molar-refractivity contribution in [2.75, 3.05) is 80.8 Å². The number of carbonyl (C=O) groups excluding carboxylic acids is 2. The number of hydrogen-bond acceptors (Lipinski definition) is 15. The number of halogens is 2. The molecule has 3 saturated heterocycles. The van der Waals surface area contributed by atoms with Crippen LogP contribution in [-0.2, 0) is 11.3 Å². The maximum atomic E-state index is 13.2. The van der Waals surface area contributed by atoms with Crippen molar-refractivity contribution in [3.05, 3.63) is 110 Å². The van der Waals surface area contributed by atoms with Crippen molar-refractivity contribution >= 4 is 34.0 Å². The first-order valence-electron chi connectivity index (χ1n) is 26.0. The van der Waals surface area contributed by atoms with E-state index in [0.717, 1.165) is 53.9 Å². The number of methoxy groups -OCH3 is 2. The van der Waals surface area contributed by atoms with Gasteiger partial charge in [-0.1, -0.05) is 74.5 Å². The third-order valence-electron chi connectivity index (χ3n) is 13.8. The first-order chi connectivity index (χ1) is 37.8. The summed E-state index contributed by atoms with van der Waals surface area (Å²) in [7, 11) is 7.11. The van der Waals surface area contributed by atoms with Gasteiger partial charge in [0.25, 0.3) is 6.43 Å². The highest BCUT2D eigenvalue weighted by atomic mass is 19.3. The molecule has 0 spiro atoms. The van der Waals surface area contributed by atoms with Crippen LogP contribution in [0.4, 0.5) is 18.4 Å². The second-order valence-electron chi connectivity index (χ2n) is 19.1. The van der Waals surface area contributed by atoms with Crippen LogP contribution in [0.25, 0.3) is 66.8 Å². The topological polar surface area (TPSA) is 180 Å². The number of ether oxygens (including phenoxy) is 5. The Labute approximate surface area is 451 Å². The molecule has 0 saturated carbocycles. The third-order valence-corrected chi connectivity index (χ3v) is 13.8. The molecule has 4 aromatic heterocycles. The fourth-order valence-electron chi connectivity index (χ4n) is 9.74. The Balaban J connectivity index is 0.000000184. The summed E-state index contributed by atoms with van der Waals surface area (Å²) in [4.78, 5) is 52.1. The van der Waals surface area contributed by atoms with Crippen LogP contribution in [0.15, 0.2) is 110 Å². The van der Waals surface area contributed by atoms with Gasteiger partial charge in [-0.05, 0) is 40.1 Å². The van der Waals surface area contributed by atoms with Gasteiger partial charge >= 0.3 is 12.2 Å². The number of amides is 2. The van der Waals surface area contributed by atoms with Gasteiger partial charge in [0.2, 0.25) is 0 Å². The zero-order valence-electron chi connectivity index (χ0n) is 45.0. The third kappa shape index (κ3) is 11.9. The normalized spacial score (nSPS) is 17.0. The molecule has 19 nitrogen and oxygen atoms in total. The molecule has 21 heteroatoms. The Bertz CT molecular complexity index is 3360. The molecule has 2 atom stereocenters. The van der Waals surface area contributed by atoms with Gasteiger partial charge in [-0.2, -0.15) is 10.2 Å².